The van der Waals surface area contributed by atoms with Crippen LogP contribution in [0.5, 0.6) is 0 Å². The summed E-state index contributed by atoms with van der Waals surface area (Å²) in [6.07, 6.45) is 1.57. The van der Waals surface area contributed by atoms with Crippen LogP contribution < -0.4 is 5.32 Å². The average molecular weight is 493 g/mol. The summed E-state index contributed by atoms with van der Waals surface area (Å²) in [5, 5.41) is 2.33. The number of hydrogen-bond donors (Lipinski definition) is 1. The molecule has 1 aromatic carbocycles. The number of aryl methyl sites for hydroxylation is 1. The van der Waals surface area contributed by atoms with E-state index >= 15 is 0 Å². The lowest BCUT2D eigenvalue weighted by atomic mass is 9.95. The summed E-state index contributed by atoms with van der Waals surface area (Å²) in [6, 6.07) is 6.44. The van der Waals surface area contributed by atoms with Crippen molar-refractivity contribution in [1.82, 2.24) is 10.3 Å². The lowest BCUT2D eigenvalue weighted by molar-refractivity contribution is 0.0492. The van der Waals surface area contributed by atoms with Crippen LogP contribution in [0.4, 0.5) is 4.79 Å². The summed E-state index contributed by atoms with van der Waals surface area (Å²) >= 11 is 0. The molecule has 34 heavy (non-hydrogen) atoms. The van der Waals surface area contributed by atoms with Crippen LogP contribution in [-0.2, 0) is 25.1 Å². The molecule has 1 saturated carbocycles. The minimum atomic E-state index is -3.46. The highest BCUT2D eigenvalue weighted by Gasteiger charge is 2.33. The van der Waals surface area contributed by atoms with E-state index in [2.05, 4.69) is 10.3 Å². The van der Waals surface area contributed by atoms with Crippen LogP contribution in [0.2, 0.25) is 0 Å². The maximum atomic E-state index is 13.1. The summed E-state index contributed by atoms with van der Waals surface area (Å²) in [4.78, 5) is 28.0. The van der Waals surface area contributed by atoms with Gasteiger partial charge < -0.3 is 19.2 Å². The second-order valence-electron chi connectivity index (χ2n) is 9.52. The Morgan fingerprint density at radius 3 is 2.29 bits per heavy atom. The van der Waals surface area contributed by atoms with Crippen molar-refractivity contribution in [2.75, 3.05) is 7.11 Å². The lowest BCUT2D eigenvalue weighted by Gasteiger charge is -2.29. The molecule has 3 rings (SSSR count). The number of ether oxygens (including phenoxy) is 2. The molecule has 1 amide bonds. The number of nitrogens with zero attached hydrogens (tertiary/aromatic N) is 1. The van der Waals surface area contributed by atoms with Crippen molar-refractivity contribution in [1.29, 1.82) is 0 Å². The van der Waals surface area contributed by atoms with Crippen LogP contribution >= 0.6 is 0 Å². The molecule has 1 N–H and O–H groups in total. The van der Waals surface area contributed by atoms with E-state index in [0.29, 0.717) is 54.2 Å². The Labute approximate surface area is 200 Å². The van der Waals surface area contributed by atoms with Gasteiger partial charge in [0.1, 0.15) is 11.4 Å². The molecule has 0 bridgehead atoms. The molecular formula is C24H32N2O7S. The first-order chi connectivity index (χ1) is 15.9. The van der Waals surface area contributed by atoms with Crippen molar-refractivity contribution in [3.05, 3.63) is 41.3 Å². The van der Waals surface area contributed by atoms with Gasteiger partial charge in [-0.3, -0.25) is 0 Å². The number of oxazole rings is 1. The molecule has 0 spiro atoms. The van der Waals surface area contributed by atoms with Gasteiger partial charge in [-0.25, -0.2) is 23.0 Å². The molecule has 1 aliphatic rings. The average Bonchev–Trinajstić information content (AvgIpc) is 3.12. The first kappa shape index (κ1) is 25.7. The Morgan fingerprint density at radius 2 is 1.74 bits per heavy atom. The van der Waals surface area contributed by atoms with E-state index in [1.54, 1.807) is 52.0 Å². The highest BCUT2D eigenvalue weighted by molar-refractivity contribution is 7.91. The Bertz CT molecular complexity index is 1120. The third-order valence-corrected chi connectivity index (χ3v) is 7.85. The second-order valence-corrected chi connectivity index (χ2v) is 11.8. The van der Waals surface area contributed by atoms with Crippen LogP contribution in [0.1, 0.15) is 68.3 Å². The first-order valence-corrected chi connectivity index (χ1v) is 13.0. The third-order valence-electron chi connectivity index (χ3n) is 5.69. The Hall–Kier alpha value is -2.88. The van der Waals surface area contributed by atoms with Gasteiger partial charge in [-0.15, -0.1) is 0 Å². The van der Waals surface area contributed by atoms with Gasteiger partial charge in [0, 0.05) is 11.6 Å². The number of hydrogen-bond acceptors (Lipinski definition) is 8. The number of carbonyl (C=O) groups excluding carboxylic acids is 2. The van der Waals surface area contributed by atoms with E-state index in [1.165, 1.54) is 7.11 Å². The number of rotatable bonds is 6. The smallest absolute Gasteiger partial charge is 0.407 e. The van der Waals surface area contributed by atoms with Gasteiger partial charge in [0.05, 0.1) is 29.4 Å². The maximum Gasteiger partial charge on any atom is 0.407 e. The highest BCUT2D eigenvalue weighted by atomic mass is 32.2. The van der Waals surface area contributed by atoms with E-state index in [1.807, 2.05) is 0 Å². The predicted octanol–water partition coefficient (Wildman–Crippen LogP) is 4.19. The predicted molar refractivity (Wildman–Crippen MR) is 126 cm³/mol. The molecule has 0 atom stereocenters. The summed E-state index contributed by atoms with van der Waals surface area (Å²) in [6.45, 7) is 7.08. The molecule has 1 aromatic heterocycles. The van der Waals surface area contributed by atoms with E-state index in [-0.39, 0.29) is 11.8 Å². The first-order valence-electron chi connectivity index (χ1n) is 11.2. The van der Waals surface area contributed by atoms with Crippen LogP contribution in [0.3, 0.4) is 0 Å². The SMILES string of the molecule is COC(=O)c1ccc(-c2nc(CS(=O)(=O)C3CCC(NC(=O)OC(C)(C)C)CC3)c(C)o2)cc1. The van der Waals surface area contributed by atoms with Gasteiger partial charge >= 0.3 is 12.1 Å². The van der Waals surface area contributed by atoms with E-state index < -0.39 is 32.8 Å². The zero-order valence-corrected chi connectivity index (χ0v) is 21.0. The van der Waals surface area contributed by atoms with Gasteiger partial charge in [0.25, 0.3) is 0 Å². The second kappa shape index (κ2) is 10.2. The monoisotopic (exact) mass is 492 g/mol. The highest BCUT2D eigenvalue weighted by Crippen LogP contribution is 2.29. The van der Waals surface area contributed by atoms with Crippen LogP contribution in [0.25, 0.3) is 11.5 Å². The topological polar surface area (TPSA) is 125 Å². The maximum absolute atomic E-state index is 13.1. The van der Waals surface area contributed by atoms with Crippen molar-refractivity contribution in [2.45, 2.75) is 76.0 Å². The lowest BCUT2D eigenvalue weighted by Crippen LogP contribution is -2.42. The van der Waals surface area contributed by atoms with Gasteiger partial charge in [-0.2, -0.15) is 0 Å². The molecule has 0 aliphatic heterocycles. The van der Waals surface area contributed by atoms with Crippen molar-refractivity contribution in [2.24, 2.45) is 0 Å². The van der Waals surface area contributed by atoms with E-state index in [9.17, 15) is 18.0 Å². The normalized spacial score (nSPS) is 18.9. The standard InChI is InChI=1S/C24H32N2O7S/c1-15-20(26-21(32-15)16-6-8-17(9-7-16)22(27)31-5)14-34(29,30)19-12-10-18(11-13-19)25-23(28)33-24(2,3)4/h6-9,18-19H,10-14H2,1-5H3,(H,25,28). The number of carbonyl (C=O) groups is 2. The van der Waals surface area contributed by atoms with Crippen molar-refractivity contribution in [3.63, 3.8) is 0 Å². The largest absolute Gasteiger partial charge is 0.465 e. The molecule has 9 nitrogen and oxygen atoms in total. The van der Waals surface area contributed by atoms with Gasteiger partial charge in [0.2, 0.25) is 5.89 Å². The molecule has 1 heterocycles. The molecule has 0 unspecified atom stereocenters. The zero-order chi connectivity index (χ0) is 25.1. The molecule has 1 fully saturated rings. The minimum Gasteiger partial charge on any atom is -0.465 e. The van der Waals surface area contributed by atoms with Crippen LogP contribution in [0, 0.1) is 6.92 Å². The minimum absolute atomic E-state index is 0.102. The molecule has 10 heteroatoms. The van der Waals surface area contributed by atoms with Crippen molar-refractivity contribution < 1.29 is 31.9 Å². The fraction of sp³-hybridized carbons (Fsp3) is 0.542. The Morgan fingerprint density at radius 1 is 1.12 bits per heavy atom. The van der Waals surface area contributed by atoms with Crippen LogP contribution in [-0.4, -0.2) is 49.5 Å². The summed E-state index contributed by atoms with van der Waals surface area (Å²) in [7, 11) is -2.15. The molecular weight excluding hydrogens is 460 g/mol. The van der Waals surface area contributed by atoms with E-state index in [0.717, 1.165) is 0 Å². The Kier molecular flexibility index (Phi) is 7.70. The van der Waals surface area contributed by atoms with Gasteiger partial charge in [0.15, 0.2) is 9.84 Å². The third kappa shape index (κ3) is 6.59. The number of aromatic nitrogens is 1. The van der Waals surface area contributed by atoms with Gasteiger partial charge in [-0.1, -0.05) is 0 Å². The van der Waals surface area contributed by atoms with Crippen molar-refractivity contribution >= 4 is 21.9 Å². The fourth-order valence-corrected chi connectivity index (χ4v) is 5.78. The number of methoxy groups -OCH3 is 1. The molecule has 0 saturated heterocycles. The number of alkyl carbamates (subject to hydrolysis) is 1. The number of nitrogens with one attached hydrogen (secondary N) is 1. The molecule has 1 aliphatic carbocycles. The number of benzene rings is 1. The molecule has 2 aromatic rings. The summed E-state index contributed by atoms with van der Waals surface area (Å²) < 4.78 is 41.8. The fourth-order valence-electron chi connectivity index (χ4n) is 3.90. The number of sulfone groups is 1. The quantitative estimate of drug-likeness (QED) is 0.595. The number of amides is 1. The van der Waals surface area contributed by atoms with Crippen LogP contribution in [0.15, 0.2) is 28.7 Å². The number of esters is 1. The Balaban J connectivity index is 1.61. The van der Waals surface area contributed by atoms with Crippen molar-refractivity contribution in [3.8, 4) is 11.5 Å². The van der Waals surface area contributed by atoms with Gasteiger partial charge in [-0.05, 0) is 77.6 Å². The summed E-state index contributed by atoms with van der Waals surface area (Å²) in [5.74, 6) is 0.0791. The molecule has 0 radical (unpaired) electrons. The van der Waals surface area contributed by atoms with E-state index in [4.69, 9.17) is 13.9 Å². The summed E-state index contributed by atoms with van der Waals surface area (Å²) in [5.41, 5.74) is 0.825. The zero-order valence-electron chi connectivity index (χ0n) is 20.2. The molecule has 186 valence electrons.